The van der Waals surface area contributed by atoms with Gasteiger partial charge < -0.3 is 9.79 Å². The van der Waals surface area contributed by atoms with Gasteiger partial charge in [-0.25, -0.2) is 4.57 Å². The highest BCUT2D eigenvalue weighted by Crippen LogP contribution is 2.45. The van der Waals surface area contributed by atoms with Gasteiger partial charge in [-0.3, -0.25) is 4.52 Å². The van der Waals surface area contributed by atoms with Gasteiger partial charge in [0.05, 0.1) is 0 Å². The van der Waals surface area contributed by atoms with Crippen LogP contribution in [-0.2, 0) is 9.09 Å². The lowest BCUT2D eigenvalue weighted by molar-refractivity contribution is 0.0957. The van der Waals surface area contributed by atoms with Crippen LogP contribution in [-0.4, -0.2) is 20.7 Å². The van der Waals surface area contributed by atoms with Crippen LogP contribution >= 0.6 is 31.0 Å². The Morgan fingerprint density at radius 1 is 1.58 bits per heavy atom. The first-order chi connectivity index (χ1) is 5.33. The fraction of sp³-hybridized carbons (Fsp3) is 1.00. The number of hydrogen-bond donors (Lipinski definition) is 2. The summed E-state index contributed by atoms with van der Waals surface area (Å²) in [7, 11) is -4.52. The molecule has 2 N–H and O–H groups in total. The predicted molar refractivity (Wildman–Crippen MR) is 47.3 cm³/mol. The van der Waals surface area contributed by atoms with Crippen LogP contribution in [0.1, 0.15) is 19.8 Å². The van der Waals surface area contributed by atoms with Crippen LogP contribution in [0.4, 0.5) is 0 Å². The van der Waals surface area contributed by atoms with Gasteiger partial charge in [0, 0.05) is 12.3 Å². The van der Waals surface area contributed by atoms with Crippen molar-refractivity contribution in [3.8, 4) is 0 Å². The minimum Gasteiger partial charge on any atom is -0.303 e. The smallest absolute Gasteiger partial charge is 0.303 e. The van der Waals surface area contributed by atoms with E-state index in [0.717, 1.165) is 0 Å². The molecule has 0 aliphatic carbocycles. The van der Waals surface area contributed by atoms with E-state index in [1.807, 2.05) is 0 Å². The lowest BCUT2D eigenvalue weighted by Crippen LogP contribution is -2.23. The van der Waals surface area contributed by atoms with E-state index >= 15 is 0 Å². The number of rotatable bonds is 5. The van der Waals surface area contributed by atoms with Gasteiger partial charge in [0.15, 0.2) is 5.06 Å². The molecule has 1 atom stereocenters. The van der Waals surface area contributed by atoms with Gasteiger partial charge >= 0.3 is 7.82 Å². The van der Waals surface area contributed by atoms with Gasteiger partial charge in [-0.2, -0.15) is 0 Å². The largest absolute Gasteiger partial charge is 0.471 e. The summed E-state index contributed by atoms with van der Waals surface area (Å²) in [6, 6.07) is 0. The van der Waals surface area contributed by atoms with Gasteiger partial charge in [-0.15, -0.1) is 11.6 Å². The zero-order chi connectivity index (χ0) is 9.83. The first-order valence-corrected chi connectivity index (χ1v) is 5.78. The molecule has 0 saturated heterocycles. The zero-order valence-corrected chi connectivity index (χ0v) is 8.94. The molecule has 0 aromatic heterocycles. The summed E-state index contributed by atoms with van der Waals surface area (Å²) in [6.45, 7) is 1.66. The Balaban J connectivity index is 4.23. The Kier molecular flexibility index (Phi) is 5.07. The Labute approximate surface area is 81.1 Å². The summed E-state index contributed by atoms with van der Waals surface area (Å²) in [5.74, 6) is 0.192. The average molecular weight is 237 g/mol. The monoisotopic (exact) mass is 236 g/mol. The SMILES string of the molecule is CCC(Cl)(CCCl)OP(=O)(O)O. The van der Waals surface area contributed by atoms with Crippen LogP contribution in [0.15, 0.2) is 0 Å². The number of phosphoric acid groups is 1. The third-order valence-electron chi connectivity index (χ3n) is 1.28. The molecule has 0 bridgehead atoms. The Morgan fingerprint density at radius 3 is 2.33 bits per heavy atom. The second-order valence-electron chi connectivity index (χ2n) is 2.26. The van der Waals surface area contributed by atoms with Crippen molar-refractivity contribution < 1.29 is 18.9 Å². The lowest BCUT2D eigenvalue weighted by Gasteiger charge is -2.24. The van der Waals surface area contributed by atoms with Gasteiger partial charge in [-0.1, -0.05) is 18.5 Å². The molecule has 0 heterocycles. The number of hydrogen-bond acceptors (Lipinski definition) is 2. The Bertz CT molecular complexity index is 182. The van der Waals surface area contributed by atoms with Crippen molar-refractivity contribution in [1.29, 1.82) is 0 Å². The summed E-state index contributed by atoms with van der Waals surface area (Å²) < 4.78 is 14.8. The molecule has 0 aromatic carbocycles. The molecule has 74 valence electrons. The molecule has 0 aromatic rings. The van der Waals surface area contributed by atoms with Crippen molar-refractivity contribution in [3.05, 3.63) is 0 Å². The molecule has 0 aliphatic rings. The normalized spacial score (nSPS) is 17.4. The van der Waals surface area contributed by atoms with E-state index < -0.39 is 12.9 Å². The second-order valence-corrected chi connectivity index (χ2v) is 4.49. The van der Waals surface area contributed by atoms with Gasteiger partial charge in [0.2, 0.25) is 0 Å². The van der Waals surface area contributed by atoms with Crippen LogP contribution < -0.4 is 0 Å². The maximum Gasteiger partial charge on any atom is 0.471 e. The van der Waals surface area contributed by atoms with Crippen molar-refractivity contribution in [2.24, 2.45) is 0 Å². The van der Waals surface area contributed by atoms with E-state index in [1.165, 1.54) is 0 Å². The molecule has 12 heavy (non-hydrogen) atoms. The molecule has 0 saturated carbocycles. The summed E-state index contributed by atoms with van der Waals surface area (Å²) in [6.07, 6.45) is 0.476. The average Bonchev–Trinajstić information content (AvgIpc) is 1.84. The summed E-state index contributed by atoms with van der Waals surface area (Å²) in [4.78, 5) is 16.9. The summed E-state index contributed by atoms with van der Waals surface area (Å²) >= 11 is 11.1. The minimum atomic E-state index is -4.52. The highest BCUT2D eigenvalue weighted by molar-refractivity contribution is 7.46. The van der Waals surface area contributed by atoms with Crippen LogP contribution in [0.5, 0.6) is 0 Å². The van der Waals surface area contributed by atoms with Gasteiger partial charge in [-0.05, 0) is 6.42 Å². The van der Waals surface area contributed by atoms with Crippen molar-refractivity contribution in [2.75, 3.05) is 5.88 Å². The van der Waals surface area contributed by atoms with E-state index in [-0.39, 0.29) is 18.7 Å². The van der Waals surface area contributed by atoms with Crippen LogP contribution in [0, 0.1) is 0 Å². The molecule has 0 spiro atoms. The highest BCUT2D eigenvalue weighted by Gasteiger charge is 2.33. The van der Waals surface area contributed by atoms with E-state index in [4.69, 9.17) is 33.0 Å². The van der Waals surface area contributed by atoms with Gasteiger partial charge in [0.1, 0.15) is 0 Å². The van der Waals surface area contributed by atoms with E-state index in [1.54, 1.807) is 6.92 Å². The molecule has 7 heteroatoms. The fourth-order valence-electron chi connectivity index (χ4n) is 0.641. The molecule has 0 amide bonds. The van der Waals surface area contributed by atoms with E-state index in [2.05, 4.69) is 4.52 Å². The molecule has 1 unspecified atom stereocenters. The topological polar surface area (TPSA) is 66.8 Å². The van der Waals surface area contributed by atoms with Crippen molar-refractivity contribution in [3.63, 3.8) is 0 Å². The molecule has 0 radical (unpaired) electrons. The first kappa shape index (κ1) is 12.7. The molecule has 0 aliphatic heterocycles. The zero-order valence-electron chi connectivity index (χ0n) is 6.54. The Hall–Kier alpha value is 0.690. The fourth-order valence-corrected chi connectivity index (χ4v) is 2.05. The lowest BCUT2D eigenvalue weighted by atomic mass is 10.2. The molecular formula is C5H11Cl2O4P. The van der Waals surface area contributed by atoms with Crippen molar-refractivity contribution in [2.45, 2.75) is 24.8 Å². The third-order valence-corrected chi connectivity index (χ3v) is 2.70. The van der Waals surface area contributed by atoms with Crippen LogP contribution in [0.3, 0.4) is 0 Å². The molecular weight excluding hydrogens is 226 g/mol. The second kappa shape index (κ2) is 4.80. The summed E-state index contributed by atoms with van der Waals surface area (Å²) in [5.41, 5.74) is 0. The maximum atomic E-state index is 10.4. The number of halogens is 2. The van der Waals surface area contributed by atoms with Crippen LogP contribution in [0.2, 0.25) is 0 Å². The minimum absolute atomic E-state index is 0.192. The number of alkyl halides is 2. The predicted octanol–water partition coefficient (Wildman–Crippen LogP) is 2.07. The van der Waals surface area contributed by atoms with Gasteiger partial charge in [0.25, 0.3) is 0 Å². The van der Waals surface area contributed by atoms with Crippen molar-refractivity contribution in [1.82, 2.24) is 0 Å². The van der Waals surface area contributed by atoms with Crippen LogP contribution in [0.25, 0.3) is 0 Å². The highest BCUT2D eigenvalue weighted by atomic mass is 35.5. The number of phosphoric ester groups is 1. The van der Waals surface area contributed by atoms with E-state index in [0.29, 0.717) is 0 Å². The quantitative estimate of drug-likeness (QED) is 0.567. The molecule has 4 nitrogen and oxygen atoms in total. The maximum absolute atomic E-state index is 10.4. The first-order valence-electron chi connectivity index (χ1n) is 3.34. The third kappa shape index (κ3) is 5.36. The van der Waals surface area contributed by atoms with Crippen molar-refractivity contribution >= 4 is 31.0 Å². The van der Waals surface area contributed by atoms with E-state index in [9.17, 15) is 4.57 Å². The summed E-state index contributed by atoms with van der Waals surface area (Å²) in [5, 5.41) is -1.35. The standard InChI is InChI=1S/C5H11Cl2O4P/c1-2-5(7,3-4-6)11-12(8,9)10/h2-4H2,1H3,(H2,8,9,10). The molecule has 0 rings (SSSR count). The Morgan fingerprint density at radius 2 is 2.08 bits per heavy atom. The molecule has 0 fully saturated rings.